The van der Waals surface area contributed by atoms with Gasteiger partial charge in [0.2, 0.25) is 5.91 Å². The van der Waals surface area contributed by atoms with Gasteiger partial charge in [-0.2, -0.15) is 0 Å². The van der Waals surface area contributed by atoms with Crippen molar-refractivity contribution in [3.63, 3.8) is 0 Å². The number of carbonyl (C=O) groups is 1. The number of piperidine rings is 1. The molecule has 1 aliphatic rings. The van der Waals surface area contributed by atoms with Gasteiger partial charge in [0.1, 0.15) is 0 Å². The van der Waals surface area contributed by atoms with Gasteiger partial charge in [-0.25, -0.2) is 0 Å². The molecule has 1 saturated heterocycles. The Morgan fingerprint density at radius 3 is 2.82 bits per heavy atom. The fourth-order valence-corrected chi connectivity index (χ4v) is 2.42. The van der Waals surface area contributed by atoms with Crippen LogP contribution in [0.2, 0.25) is 0 Å². The van der Waals surface area contributed by atoms with E-state index in [1.807, 2.05) is 0 Å². The second kappa shape index (κ2) is 8.76. The number of rotatable bonds is 5. The molecule has 1 fully saturated rings. The van der Waals surface area contributed by atoms with E-state index in [4.69, 9.17) is 0 Å². The van der Waals surface area contributed by atoms with Crippen LogP contribution in [0, 0.1) is 5.92 Å². The molecule has 0 saturated carbocycles. The summed E-state index contributed by atoms with van der Waals surface area (Å²) in [7, 11) is 0. The highest BCUT2D eigenvalue weighted by atomic mass is 35.5. The van der Waals surface area contributed by atoms with Crippen molar-refractivity contribution in [2.45, 2.75) is 65.0 Å². The number of nitrogens with one attached hydrogen (secondary N) is 2. The minimum atomic E-state index is 0. The fourth-order valence-electron chi connectivity index (χ4n) is 2.42. The Kier molecular flexibility index (Phi) is 8.61. The lowest BCUT2D eigenvalue weighted by Crippen LogP contribution is -2.52. The van der Waals surface area contributed by atoms with E-state index in [2.05, 4.69) is 31.4 Å². The average Bonchev–Trinajstić information content (AvgIpc) is 2.21. The predicted molar refractivity (Wildman–Crippen MR) is 74.6 cm³/mol. The summed E-state index contributed by atoms with van der Waals surface area (Å²) in [6, 6.07) is 0.745. The van der Waals surface area contributed by atoms with Crippen molar-refractivity contribution in [1.29, 1.82) is 0 Å². The highest BCUT2D eigenvalue weighted by molar-refractivity contribution is 5.85. The summed E-state index contributed by atoms with van der Waals surface area (Å²) in [4.78, 5) is 11.8. The van der Waals surface area contributed by atoms with E-state index >= 15 is 0 Å². The van der Waals surface area contributed by atoms with Crippen LogP contribution in [0.25, 0.3) is 0 Å². The number of halogens is 1. The molecular formula is C13H27ClN2O. The standard InChI is InChI=1S/C13H26N2O.ClH/c1-4-6-10(2)9-13(16)15-12-7-5-8-14-11(12)3;/h10-12,14H,4-9H2,1-3H3,(H,15,16);1H. The smallest absolute Gasteiger partial charge is 0.220 e. The van der Waals surface area contributed by atoms with Crippen LogP contribution in [0.5, 0.6) is 0 Å². The van der Waals surface area contributed by atoms with Gasteiger partial charge in [-0.1, -0.05) is 26.7 Å². The van der Waals surface area contributed by atoms with Crippen molar-refractivity contribution in [1.82, 2.24) is 10.6 Å². The molecule has 0 aliphatic carbocycles. The third-order valence-electron chi connectivity index (χ3n) is 3.42. The third-order valence-corrected chi connectivity index (χ3v) is 3.42. The average molecular weight is 263 g/mol. The van der Waals surface area contributed by atoms with Crippen LogP contribution < -0.4 is 10.6 Å². The molecule has 0 aromatic heterocycles. The molecule has 0 aromatic rings. The maximum absolute atomic E-state index is 11.8. The molecule has 0 aromatic carbocycles. The van der Waals surface area contributed by atoms with Crippen LogP contribution in [0.15, 0.2) is 0 Å². The molecular weight excluding hydrogens is 236 g/mol. The summed E-state index contributed by atoms with van der Waals surface area (Å²) < 4.78 is 0. The first-order valence-electron chi connectivity index (χ1n) is 6.66. The van der Waals surface area contributed by atoms with Gasteiger partial charge < -0.3 is 10.6 Å². The normalized spacial score (nSPS) is 25.8. The topological polar surface area (TPSA) is 41.1 Å². The molecule has 1 aliphatic heterocycles. The molecule has 0 bridgehead atoms. The fraction of sp³-hybridized carbons (Fsp3) is 0.923. The van der Waals surface area contributed by atoms with Gasteiger partial charge in [-0.05, 0) is 32.2 Å². The highest BCUT2D eigenvalue weighted by Crippen LogP contribution is 2.12. The van der Waals surface area contributed by atoms with Crippen molar-refractivity contribution in [2.24, 2.45) is 5.92 Å². The minimum absolute atomic E-state index is 0. The van der Waals surface area contributed by atoms with Crippen molar-refractivity contribution in [3.05, 3.63) is 0 Å². The van der Waals surface area contributed by atoms with Crippen LogP contribution >= 0.6 is 12.4 Å². The lowest BCUT2D eigenvalue weighted by molar-refractivity contribution is -0.123. The Morgan fingerprint density at radius 1 is 1.53 bits per heavy atom. The summed E-state index contributed by atoms with van der Waals surface area (Å²) >= 11 is 0. The van der Waals surface area contributed by atoms with Gasteiger partial charge in [0.25, 0.3) is 0 Å². The van der Waals surface area contributed by atoms with Crippen LogP contribution in [0.1, 0.15) is 52.9 Å². The molecule has 102 valence electrons. The van der Waals surface area contributed by atoms with Crippen molar-refractivity contribution in [2.75, 3.05) is 6.54 Å². The summed E-state index contributed by atoms with van der Waals surface area (Å²) in [5, 5.41) is 6.56. The molecule has 0 spiro atoms. The zero-order valence-corrected chi connectivity index (χ0v) is 12.1. The van der Waals surface area contributed by atoms with Gasteiger partial charge in [0.15, 0.2) is 0 Å². The second-order valence-electron chi connectivity index (χ2n) is 5.16. The second-order valence-corrected chi connectivity index (χ2v) is 5.16. The molecule has 0 radical (unpaired) electrons. The maximum atomic E-state index is 11.8. The Hall–Kier alpha value is -0.280. The summed E-state index contributed by atoms with van der Waals surface area (Å²) in [6.45, 7) is 7.56. The molecule has 2 N–H and O–H groups in total. The van der Waals surface area contributed by atoms with Gasteiger partial charge >= 0.3 is 0 Å². The number of hydrogen-bond donors (Lipinski definition) is 2. The van der Waals surface area contributed by atoms with E-state index < -0.39 is 0 Å². The zero-order valence-electron chi connectivity index (χ0n) is 11.3. The van der Waals surface area contributed by atoms with Gasteiger partial charge in [-0.15, -0.1) is 12.4 Å². The maximum Gasteiger partial charge on any atom is 0.220 e. The molecule has 17 heavy (non-hydrogen) atoms. The van der Waals surface area contributed by atoms with Crippen LogP contribution in [-0.4, -0.2) is 24.5 Å². The zero-order chi connectivity index (χ0) is 12.0. The minimum Gasteiger partial charge on any atom is -0.352 e. The molecule has 1 amide bonds. The van der Waals surface area contributed by atoms with Crippen LogP contribution in [0.3, 0.4) is 0 Å². The van der Waals surface area contributed by atoms with E-state index in [1.165, 1.54) is 6.42 Å². The Balaban J connectivity index is 0.00000256. The van der Waals surface area contributed by atoms with Crippen LogP contribution in [-0.2, 0) is 4.79 Å². The molecule has 4 heteroatoms. The third kappa shape index (κ3) is 6.27. The van der Waals surface area contributed by atoms with Gasteiger partial charge in [0.05, 0.1) is 0 Å². The van der Waals surface area contributed by atoms with E-state index in [1.54, 1.807) is 0 Å². The largest absolute Gasteiger partial charge is 0.352 e. The van der Waals surface area contributed by atoms with E-state index in [9.17, 15) is 4.79 Å². The van der Waals surface area contributed by atoms with Crippen molar-refractivity contribution >= 4 is 18.3 Å². The number of hydrogen-bond acceptors (Lipinski definition) is 2. The van der Waals surface area contributed by atoms with Crippen LogP contribution in [0.4, 0.5) is 0 Å². The molecule has 3 nitrogen and oxygen atoms in total. The number of amides is 1. The van der Waals surface area contributed by atoms with Crippen molar-refractivity contribution in [3.8, 4) is 0 Å². The summed E-state index contributed by atoms with van der Waals surface area (Å²) in [5.74, 6) is 0.735. The lowest BCUT2D eigenvalue weighted by atomic mass is 9.98. The van der Waals surface area contributed by atoms with Gasteiger partial charge in [-0.3, -0.25) is 4.79 Å². The monoisotopic (exact) mass is 262 g/mol. The Labute approximate surface area is 112 Å². The predicted octanol–water partition coefficient (Wildman–Crippen LogP) is 2.49. The molecule has 3 unspecified atom stereocenters. The highest BCUT2D eigenvalue weighted by Gasteiger charge is 2.22. The summed E-state index contributed by atoms with van der Waals surface area (Å²) in [6.07, 6.45) is 5.26. The molecule has 3 atom stereocenters. The first-order chi connectivity index (χ1) is 7.63. The number of carbonyl (C=O) groups excluding carboxylic acids is 1. The van der Waals surface area contributed by atoms with Gasteiger partial charge in [0, 0.05) is 18.5 Å². The van der Waals surface area contributed by atoms with E-state index in [0.29, 0.717) is 24.4 Å². The first-order valence-corrected chi connectivity index (χ1v) is 6.66. The van der Waals surface area contributed by atoms with E-state index in [0.717, 1.165) is 25.8 Å². The Morgan fingerprint density at radius 2 is 2.24 bits per heavy atom. The molecule has 1 rings (SSSR count). The molecule has 1 heterocycles. The Bertz CT molecular complexity index is 223. The SMILES string of the molecule is CCCC(C)CC(=O)NC1CCCNC1C.Cl. The summed E-state index contributed by atoms with van der Waals surface area (Å²) in [5.41, 5.74) is 0. The quantitative estimate of drug-likeness (QED) is 0.799. The van der Waals surface area contributed by atoms with E-state index in [-0.39, 0.29) is 18.3 Å². The van der Waals surface area contributed by atoms with Crippen molar-refractivity contribution < 1.29 is 4.79 Å². The lowest BCUT2D eigenvalue weighted by Gasteiger charge is -2.31. The first kappa shape index (κ1) is 16.7.